The number of rotatable bonds is 7. The van der Waals surface area contributed by atoms with E-state index in [2.05, 4.69) is 15.6 Å². The molecule has 2 N–H and O–H groups in total. The maximum absolute atomic E-state index is 11.8. The van der Waals surface area contributed by atoms with Gasteiger partial charge in [0.1, 0.15) is 5.75 Å². The van der Waals surface area contributed by atoms with Crippen molar-refractivity contribution in [2.24, 2.45) is 4.99 Å². The van der Waals surface area contributed by atoms with Crippen LogP contribution in [-0.2, 0) is 16.1 Å². The molecule has 0 spiro atoms. The summed E-state index contributed by atoms with van der Waals surface area (Å²) in [6.07, 6.45) is 3.57. The molecule has 0 radical (unpaired) electrons. The number of benzene rings is 1. The van der Waals surface area contributed by atoms with Gasteiger partial charge < -0.3 is 25.0 Å². The lowest BCUT2D eigenvalue weighted by Crippen LogP contribution is -2.45. The van der Waals surface area contributed by atoms with Gasteiger partial charge in [0.25, 0.3) is 0 Å². The van der Waals surface area contributed by atoms with E-state index >= 15 is 0 Å². The number of halogens is 1. The summed E-state index contributed by atoms with van der Waals surface area (Å²) in [5, 5.41) is 6.40. The molecular formula is C19H31IN4O3. The van der Waals surface area contributed by atoms with E-state index in [4.69, 9.17) is 9.47 Å². The molecule has 152 valence electrons. The summed E-state index contributed by atoms with van der Waals surface area (Å²) in [5.74, 6) is 1.43. The predicted octanol–water partition coefficient (Wildman–Crippen LogP) is 2.01. The Labute approximate surface area is 178 Å². The lowest BCUT2D eigenvalue weighted by molar-refractivity contribution is -0.127. The molecule has 1 fully saturated rings. The second-order valence-electron chi connectivity index (χ2n) is 6.52. The Morgan fingerprint density at radius 3 is 2.59 bits per heavy atom. The number of likely N-dealkylation sites (N-methyl/N-ethyl adjacent to an activating group) is 1. The van der Waals surface area contributed by atoms with Crippen LogP contribution in [0.2, 0.25) is 0 Å². The molecule has 7 nitrogen and oxygen atoms in total. The molecule has 0 saturated carbocycles. The summed E-state index contributed by atoms with van der Waals surface area (Å²) >= 11 is 0. The minimum atomic E-state index is -0.00198. The Hall–Kier alpha value is -1.55. The molecule has 1 saturated heterocycles. The van der Waals surface area contributed by atoms with Crippen LogP contribution in [-0.4, -0.2) is 63.8 Å². The summed E-state index contributed by atoms with van der Waals surface area (Å²) < 4.78 is 10.9. The smallest absolute Gasteiger partial charge is 0.241 e. The molecule has 0 bridgehead atoms. The van der Waals surface area contributed by atoms with Gasteiger partial charge in [-0.1, -0.05) is 12.1 Å². The van der Waals surface area contributed by atoms with E-state index < -0.39 is 0 Å². The lowest BCUT2D eigenvalue weighted by atomic mass is 10.1. The second kappa shape index (κ2) is 12.8. The number of ether oxygens (including phenoxy) is 2. The first-order valence-corrected chi connectivity index (χ1v) is 9.05. The fourth-order valence-electron chi connectivity index (χ4n) is 2.57. The van der Waals surface area contributed by atoms with Gasteiger partial charge in [0.2, 0.25) is 5.91 Å². The van der Waals surface area contributed by atoms with Crippen molar-refractivity contribution in [3.05, 3.63) is 29.8 Å². The highest BCUT2D eigenvalue weighted by Gasteiger charge is 2.14. The predicted molar refractivity (Wildman–Crippen MR) is 118 cm³/mol. The Kier molecular flexibility index (Phi) is 11.1. The zero-order valence-electron chi connectivity index (χ0n) is 16.4. The molecule has 27 heavy (non-hydrogen) atoms. The van der Waals surface area contributed by atoms with Crippen LogP contribution in [0, 0.1) is 0 Å². The number of nitrogens with one attached hydrogen (secondary N) is 2. The molecule has 1 unspecified atom stereocenters. The number of aliphatic imine (C=N–C) groups is 1. The van der Waals surface area contributed by atoms with Gasteiger partial charge >= 0.3 is 0 Å². The number of amides is 1. The zero-order valence-corrected chi connectivity index (χ0v) is 18.7. The first kappa shape index (κ1) is 23.5. The Morgan fingerprint density at radius 2 is 2.00 bits per heavy atom. The first-order valence-electron chi connectivity index (χ1n) is 9.05. The van der Waals surface area contributed by atoms with Crippen molar-refractivity contribution in [2.45, 2.75) is 31.9 Å². The van der Waals surface area contributed by atoms with Gasteiger partial charge in [0, 0.05) is 27.2 Å². The van der Waals surface area contributed by atoms with E-state index in [0.29, 0.717) is 19.0 Å². The molecule has 1 aliphatic rings. The number of carbonyl (C=O) groups is 1. The molecule has 2 rings (SSSR count). The van der Waals surface area contributed by atoms with Gasteiger partial charge in [0.15, 0.2) is 5.96 Å². The largest absolute Gasteiger partial charge is 0.497 e. The number of hydrogen-bond donors (Lipinski definition) is 2. The average molecular weight is 490 g/mol. The minimum absolute atomic E-state index is 0. The fraction of sp³-hybridized carbons (Fsp3) is 0.579. The summed E-state index contributed by atoms with van der Waals surface area (Å²) in [6, 6.07) is 7.79. The van der Waals surface area contributed by atoms with Crippen LogP contribution < -0.4 is 15.4 Å². The van der Waals surface area contributed by atoms with E-state index in [1.54, 1.807) is 26.1 Å². The van der Waals surface area contributed by atoms with Crippen molar-refractivity contribution in [3.63, 3.8) is 0 Å². The highest BCUT2D eigenvalue weighted by Crippen LogP contribution is 2.12. The van der Waals surface area contributed by atoms with Crippen molar-refractivity contribution in [1.82, 2.24) is 15.5 Å². The van der Waals surface area contributed by atoms with E-state index in [0.717, 1.165) is 30.8 Å². The first-order chi connectivity index (χ1) is 12.6. The van der Waals surface area contributed by atoms with Crippen molar-refractivity contribution in [1.29, 1.82) is 0 Å². The van der Waals surface area contributed by atoms with Crippen LogP contribution in [0.3, 0.4) is 0 Å². The number of hydrogen-bond acceptors (Lipinski definition) is 4. The third-order valence-corrected chi connectivity index (χ3v) is 4.26. The van der Waals surface area contributed by atoms with E-state index in [9.17, 15) is 4.79 Å². The second-order valence-corrected chi connectivity index (χ2v) is 6.52. The zero-order chi connectivity index (χ0) is 18.8. The van der Waals surface area contributed by atoms with Crippen molar-refractivity contribution in [2.75, 3.05) is 40.9 Å². The monoisotopic (exact) mass is 490 g/mol. The van der Waals surface area contributed by atoms with Gasteiger partial charge in [-0.05, 0) is 37.0 Å². The topological polar surface area (TPSA) is 75.2 Å². The van der Waals surface area contributed by atoms with Crippen molar-refractivity contribution in [3.8, 4) is 5.75 Å². The third-order valence-electron chi connectivity index (χ3n) is 4.26. The van der Waals surface area contributed by atoms with Crippen molar-refractivity contribution >= 4 is 35.8 Å². The molecular weight excluding hydrogens is 459 g/mol. The van der Waals surface area contributed by atoms with Crippen LogP contribution in [0.15, 0.2) is 29.3 Å². The number of nitrogens with zero attached hydrogens (tertiary/aromatic N) is 2. The van der Waals surface area contributed by atoms with Crippen LogP contribution in [0.5, 0.6) is 5.75 Å². The molecule has 8 heteroatoms. The summed E-state index contributed by atoms with van der Waals surface area (Å²) in [5.41, 5.74) is 1.07. The maximum Gasteiger partial charge on any atom is 0.241 e. The summed E-state index contributed by atoms with van der Waals surface area (Å²) in [4.78, 5) is 18.0. The minimum Gasteiger partial charge on any atom is -0.497 e. The molecule has 1 aliphatic heterocycles. The standard InChI is InChI=1S/C19H30N4O3.HI/c1-23(2)18(24)14-22-19(21-13-17-6-4-5-11-26-17)20-12-15-7-9-16(25-3)10-8-15;/h7-10,17H,4-6,11-14H2,1-3H3,(H2,20,21,22);1H. The van der Waals surface area contributed by atoms with E-state index in [1.807, 2.05) is 24.3 Å². The highest BCUT2D eigenvalue weighted by molar-refractivity contribution is 14.0. The molecule has 1 atom stereocenters. The molecule has 1 heterocycles. The molecule has 1 amide bonds. The molecule has 0 aromatic heterocycles. The Bertz CT molecular complexity index is 587. The Balaban J connectivity index is 0.00000364. The molecule has 1 aromatic rings. The van der Waals surface area contributed by atoms with Crippen LogP contribution in [0.1, 0.15) is 24.8 Å². The number of methoxy groups -OCH3 is 1. The third kappa shape index (κ3) is 8.79. The van der Waals surface area contributed by atoms with Gasteiger partial charge in [-0.15, -0.1) is 24.0 Å². The van der Waals surface area contributed by atoms with E-state index in [-0.39, 0.29) is 42.5 Å². The SMILES string of the molecule is COc1ccc(CN=C(NCC(=O)N(C)C)NCC2CCCCO2)cc1.I. The van der Waals surface area contributed by atoms with Crippen LogP contribution in [0.4, 0.5) is 0 Å². The summed E-state index contributed by atoms with van der Waals surface area (Å²) in [7, 11) is 5.12. The van der Waals surface area contributed by atoms with Gasteiger partial charge in [-0.25, -0.2) is 4.99 Å². The average Bonchev–Trinajstić information content (AvgIpc) is 2.68. The van der Waals surface area contributed by atoms with Crippen LogP contribution >= 0.6 is 24.0 Å². The molecule has 1 aromatic carbocycles. The maximum atomic E-state index is 11.8. The molecule has 0 aliphatic carbocycles. The number of guanidine groups is 1. The fourth-order valence-corrected chi connectivity index (χ4v) is 2.57. The lowest BCUT2D eigenvalue weighted by Gasteiger charge is -2.24. The van der Waals surface area contributed by atoms with Crippen LogP contribution in [0.25, 0.3) is 0 Å². The van der Waals surface area contributed by atoms with Gasteiger partial charge in [0.05, 0.1) is 26.3 Å². The highest BCUT2D eigenvalue weighted by atomic mass is 127. The van der Waals surface area contributed by atoms with Gasteiger partial charge in [-0.3, -0.25) is 4.79 Å². The summed E-state index contributed by atoms with van der Waals surface area (Å²) in [6.45, 7) is 2.22. The normalized spacial score (nSPS) is 16.9. The van der Waals surface area contributed by atoms with Crippen molar-refractivity contribution < 1.29 is 14.3 Å². The number of carbonyl (C=O) groups excluding carboxylic acids is 1. The van der Waals surface area contributed by atoms with Gasteiger partial charge in [-0.2, -0.15) is 0 Å². The Morgan fingerprint density at radius 1 is 1.26 bits per heavy atom. The quantitative estimate of drug-likeness (QED) is 0.348. The van der Waals surface area contributed by atoms with E-state index in [1.165, 1.54) is 6.42 Å².